The molecule has 90 valence electrons. The van der Waals surface area contributed by atoms with Gasteiger partial charge in [-0.15, -0.1) is 0 Å². The summed E-state index contributed by atoms with van der Waals surface area (Å²) in [5, 5.41) is 12.2. The van der Waals surface area contributed by atoms with Gasteiger partial charge in [0, 0.05) is 18.2 Å². The molecule has 0 saturated carbocycles. The van der Waals surface area contributed by atoms with E-state index < -0.39 is 0 Å². The Morgan fingerprint density at radius 1 is 1.31 bits per heavy atom. The fourth-order valence-corrected chi connectivity index (χ4v) is 1.77. The van der Waals surface area contributed by atoms with Crippen LogP contribution in [-0.4, -0.2) is 33.0 Å². The number of methoxy groups -OCH3 is 2. The quantitative estimate of drug-likeness (QED) is 0.767. The second-order valence-corrected chi connectivity index (χ2v) is 3.44. The van der Waals surface area contributed by atoms with Crippen LogP contribution in [0, 0.1) is 0 Å². The summed E-state index contributed by atoms with van der Waals surface area (Å²) in [6.07, 6.45) is 0.639. The van der Waals surface area contributed by atoms with Gasteiger partial charge in [0.05, 0.1) is 14.2 Å². The lowest BCUT2D eigenvalue weighted by molar-refractivity contribution is 0.266. The third-order valence-corrected chi connectivity index (χ3v) is 2.58. The molecule has 0 aliphatic carbocycles. The highest BCUT2D eigenvalue weighted by Crippen LogP contribution is 2.35. The second kappa shape index (κ2) is 6.35. The van der Waals surface area contributed by atoms with Crippen molar-refractivity contribution < 1.29 is 14.6 Å². The summed E-state index contributed by atoms with van der Waals surface area (Å²) in [4.78, 5) is 0. The molecule has 1 aromatic carbocycles. The molecule has 0 aliphatic heterocycles. The molecule has 0 heterocycles. The number of para-hydroxylation sites is 1. The number of benzene rings is 1. The van der Waals surface area contributed by atoms with Gasteiger partial charge in [-0.2, -0.15) is 0 Å². The molecule has 0 saturated heterocycles. The summed E-state index contributed by atoms with van der Waals surface area (Å²) < 4.78 is 10.6. The minimum atomic E-state index is 0.0649. The van der Waals surface area contributed by atoms with Crippen LogP contribution in [0.1, 0.15) is 18.0 Å². The van der Waals surface area contributed by atoms with Gasteiger partial charge in [-0.25, -0.2) is 0 Å². The zero-order valence-electron chi connectivity index (χ0n) is 9.99. The number of aliphatic hydroxyl groups excluding tert-OH is 1. The van der Waals surface area contributed by atoms with Crippen molar-refractivity contribution in [2.45, 2.75) is 12.5 Å². The molecular weight excluding hydrogens is 206 g/mol. The van der Waals surface area contributed by atoms with E-state index in [-0.39, 0.29) is 12.6 Å². The first-order valence-corrected chi connectivity index (χ1v) is 5.27. The molecular formula is C12H19NO3. The Bertz CT molecular complexity index is 328. The monoisotopic (exact) mass is 225 g/mol. The first kappa shape index (κ1) is 12.8. The number of ether oxygens (including phenoxy) is 2. The van der Waals surface area contributed by atoms with Crippen LogP contribution in [0.15, 0.2) is 18.2 Å². The largest absolute Gasteiger partial charge is 0.493 e. The molecule has 4 heteroatoms. The van der Waals surface area contributed by atoms with Gasteiger partial charge in [-0.05, 0) is 19.5 Å². The molecule has 1 atom stereocenters. The summed E-state index contributed by atoms with van der Waals surface area (Å²) in [5.74, 6) is 1.43. The van der Waals surface area contributed by atoms with E-state index >= 15 is 0 Å². The van der Waals surface area contributed by atoms with E-state index in [4.69, 9.17) is 14.6 Å². The summed E-state index contributed by atoms with van der Waals surface area (Å²) >= 11 is 0. The van der Waals surface area contributed by atoms with E-state index in [1.165, 1.54) is 0 Å². The van der Waals surface area contributed by atoms with Crippen LogP contribution in [-0.2, 0) is 0 Å². The maximum atomic E-state index is 9.01. The van der Waals surface area contributed by atoms with E-state index in [0.29, 0.717) is 12.2 Å². The van der Waals surface area contributed by atoms with Gasteiger partial charge in [-0.1, -0.05) is 12.1 Å². The standard InChI is InChI=1S/C12H19NO3/c1-13-10(7-8-14)9-5-4-6-11(15-2)12(9)16-3/h4-6,10,13-14H,7-8H2,1-3H3. The predicted molar refractivity (Wildman–Crippen MR) is 63.0 cm³/mol. The van der Waals surface area contributed by atoms with Gasteiger partial charge in [-0.3, -0.25) is 0 Å². The highest BCUT2D eigenvalue weighted by Gasteiger charge is 2.16. The van der Waals surface area contributed by atoms with Gasteiger partial charge in [0.1, 0.15) is 0 Å². The lowest BCUT2D eigenvalue weighted by atomic mass is 10.0. The molecule has 0 amide bonds. The fourth-order valence-electron chi connectivity index (χ4n) is 1.77. The Balaban J connectivity index is 3.09. The van der Waals surface area contributed by atoms with Crippen molar-refractivity contribution in [3.05, 3.63) is 23.8 Å². The van der Waals surface area contributed by atoms with Crippen LogP contribution in [0.4, 0.5) is 0 Å². The Morgan fingerprint density at radius 3 is 2.56 bits per heavy atom. The lowest BCUT2D eigenvalue weighted by Crippen LogP contribution is -2.18. The predicted octanol–water partition coefficient (Wildman–Crippen LogP) is 1.35. The van der Waals surface area contributed by atoms with Gasteiger partial charge in [0.25, 0.3) is 0 Å². The van der Waals surface area contributed by atoms with Crippen molar-refractivity contribution in [3.8, 4) is 11.5 Å². The minimum Gasteiger partial charge on any atom is -0.493 e. The zero-order valence-corrected chi connectivity index (χ0v) is 9.99. The molecule has 1 aromatic rings. The topological polar surface area (TPSA) is 50.7 Å². The summed E-state index contributed by atoms with van der Waals surface area (Å²) in [7, 11) is 5.09. The van der Waals surface area contributed by atoms with E-state index in [9.17, 15) is 0 Å². The molecule has 0 aliphatic rings. The maximum Gasteiger partial charge on any atom is 0.165 e. The summed E-state index contributed by atoms with van der Waals surface area (Å²) in [5.41, 5.74) is 0.999. The molecule has 0 aromatic heterocycles. The van der Waals surface area contributed by atoms with Crippen LogP contribution in [0.25, 0.3) is 0 Å². The molecule has 2 N–H and O–H groups in total. The first-order valence-electron chi connectivity index (χ1n) is 5.27. The van der Waals surface area contributed by atoms with Crippen molar-refractivity contribution >= 4 is 0 Å². The molecule has 1 rings (SSSR count). The lowest BCUT2D eigenvalue weighted by Gasteiger charge is -2.20. The van der Waals surface area contributed by atoms with Crippen LogP contribution in [0.3, 0.4) is 0 Å². The number of rotatable bonds is 6. The summed E-state index contributed by atoms with van der Waals surface area (Å²) in [6, 6.07) is 5.81. The van der Waals surface area contributed by atoms with E-state index in [2.05, 4.69) is 5.32 Å². The molecule has 0 radical (unpaired) electrons. The number of hydrogen-bond donors (Lipinski definition) is 2. The normalized spacial score (nSPS) is 12.2. The van der Waals surface area contributed by atoms with Gasteiger partial charge in [0.15, 0.2) is 11.5 Å². The molecule has 0 bridgehead atoms. The average Bonchev–Trinajstić information content (AvgIpc) is 2.34. The minimum absolute atomic E-state index is 0.0649. The first-order chi connectivity index (χ1) is 7.78. The Morgan fingerprint density at radius 2 is 2.06 bits per heavy atom. The van der Waals surface area contributed by atoms with Crippen LogP contribution >= 0.6 is 0 Å². The smallest absolute Gasteiger partial charge is 0.165 e. The van der Waals surface area contributed by atoms with Crippen molar-refractivity contribution in [2.24, 2.45) is 0 Å². The number of nitrogens with one attached hydrogen (secondary N) is 1. The molecule has 1 unspecified atom stereocenters. The average molecular weight is 225 g/mol. The molecule has 0 fully saturated rings. The van der Waals surface area contributed by atoms with Crippen LogP contribution < -0.4 is 14.8 Å². The summed E-state index contributed by atoms with van der Waals surface area (Å²) in [6.45, 7) is 0.131. The fraction of sp³-hybridized carbons (Fsp3) is 0.500. The van der Waals surface area contributed by atoms with Crippen molar-refractivity contribution in [3.63, 3.8) is 0 Å². The van der Waals surface area contributed by atoms with Crippen molar-refractivity contribution in [1.29, 1.82) is 0 Å². The van der Waals surface area contributed by atoms with Crippen molar-refractivity contribution in [2.75, 3.05) is 27.9 Å². The maximum absolute atomic E-state index is 9.01. The number of aliphatic hydroxyl groups is 1. The SMILES string of the molecule is CNC(CCO)c1cccc(OC)c1OC. The second-order valence-electron chi connectivity index (χ2n) is 3.44. The highest BCUT2D eigenvalue weighted by atomic mass is 16.5. The van der Waals surface area contributed by atoms with E-state index in [1.54, 1.807) is 14.2 Å². The van der Waals surface area contributed by atoms with Crippen molar-refractivity contribution in [1.82, 2.24) is 5.32 Å². The molecule has 0 spiro atoms. The zero-order chi connectivity index (χ0) is 12.0. The third-order valence-electron chi connectivity index (χ3n) is 2.58. The van der Waals surface area contributed by atoms with Gasteiger partial charge >= 0.3 is 0 Å². The molecule has 16 heavy (non-hydrogen) atoms. The van der Waals surface area contributed by atoms with Gasteiger partial charge < -0.3 is 19.9 Å². The molecule has 4 nitrogen and oxygen atoms in total. The highest BCUT2D eigenvalue weighted by molar-refractivity contribution is 5.48. The van der Waals surface area contributed by atoms with Gasteiger partial charge in [0.2, 0.25) is 0 Å². The Labute approximate surface area is 96.2 Å². The third kappa shape index (κ3) is 2.65. The Kier molecular flexibility index (Phi) is 5.08. The van der Waals surface area contributed by atoms with Crippen LogP contribution in [0.5, 0.6) is 11.5 Å². The van der Waals surface area contributed by atoms with Crippen LogP contribution in [0.2, 0.25) is 0 Å². The van der Waals surface area contributed by atoms with E-state index in [1.807, 2.05) is 25.2 Å². The van der Waals surface area contributed by atoms with E-state index in [0.717, 1.165) is 11.3 Å². The number of hydrogen-bond acceptors (Lipinski definition) is 4. The Hall–Kier alpha value is -1.26.